The zero-order valence-corrected chi connectivity index (χ0v) is 13.8. The molecule has 21 heavy (non-hydrogen) atoms. The standard InChI is InChI=1S/C18H31N3/c1-3-4-8-14(2)21-17-11-12-19-13-16(17)20-18(21)15-9-6-5-7-10-15/h14-15,19H,3-13H2,1-2H3. The average Bonchev–Trinajstić information content (AvgIpc) is 2.93. The van der Waals surface area contributed by atoms with Gasteiger partial charge in [0.25, 0.3) is 0 Å². The molecule has 0 saturated heterocycles. The van der Waals surface area contributed by atoms with E-state index in [1.807, 2.05) is 0 Å². The number of hydrogen-bond acceptors (Lipinski definition) is 2. The van der Waals surface area contributed by atoms with Gasteiger partial charge in [0.2, 0.25) is 0 Å². The third kappa shape index (κ3) is 3.18. The molecule has 2 aliphatic rings. The summed E-state index contributed by atoms with van der Waals surface area (Å²) in [5.41, 5.74) is 2.88. The Morgan fingerprint density at radius 1 is 1.29 bits per heavy atom. The van der Waals surface area contributed by atoms with Gasteiger partial charge in [-0.3, -0.25) is 0 Å². The van der Waals surface area contributed by atoms with Crippen molar-refractivity contribution in [1.82, 2.24) is 14.9 Å². The fourth-order valence-corrected chi connectivity index (χ4v) is 4.12. The van der Waals surface area contributed by atoms with Gasteiger partial charge in [0.05, 0.1) is 5.69 Å². The molecule has 2 heterocycles. The van der Waals surface area contributed by atoms with Crippen molar-refractivity contribution >= 4 is 0 Å². The number of fused-ring (bicyclic) bond motifs is 1. The molecular weight excluding hydrogens is 258 g/mol. The number of nitrogens with zero attached hydrogens (tertiary/aromatic N) is 2. The van der Waals surface area contributed by atoms with Crippen molar-refractivity contribution in [1.29, 1.82) is 0 Å². The number of nitrogens with one attached hydrogen (secondary N) is 1. The van der Waals surface area contributed by atoms with E-state index in [9.17, 15) is 0 Å². The van der Waals surface area contributed by atoms with Crippen molar-refractivity contribution in [3.8, 4) is 0 Å². The highest BCUT2D eigenvalue weighted by Crippen LogP contribution is 2.36. The molecule has 0 radical (unpaired) electrons. The minimum atomic E-state index is 0.622. The highest BCUT2D eigenvalue weighted by molar-refractivity contribution is 5.23. The van der Waals surface area contributed by atoms with Gasteiger partial charge >= 0.3 is 0 Å². The smallest absolute Gasteiger partial charge is 0.112 e. The number of aromatic nitrogens is 2. The summed E-state index contributed by atoms with van der Waals surface area (Å²) in [6, 6.07) is 0.622. The predicted octanol–water partition coefficient (Wildman–Crippen LogP) is 4.33. The number of unbranched alkanes of at least 4 members (excludes halogenated alkanes) is 1. The lowest BCUT2D eigenvalue weighted by molar-refractivity contribution is 0.385. The summed E-state index contributed by atoms with van der Waals surface area (Å²) in [7, 11) is 0. The SMILES string of the molecule is CCCCC(C)n1c(C2CCCCC2)nc2c1CCNC2. The molecule has 1 atom stereocenters. The van der Waals surface area contributed by atoms with E-state index >= 15 is 0 Å². The van der Waals surface area contributed by atoms with E-state index in [0.717, 1.165) is 19.5 Å². The van der Waals surface area contributed by atoms with Crippen LogP contribution in [0.15, 0.2) is 0 Å². The fraction of sp³-hybridized carbons (Fsp3) is 0.833. The molecule has 0 aromatic carbocycles. The van der Waals surface area contributed by atoms with Gasteiger partial charge in [0, 0.05) is 37.2 Å². The Labute approximate surface area is 129 Å². The summed E-state index contributed by atoms with van der Waals surface area (Å²) in [4.78, 5) is 5.10. The van der Waals surface area contributed by atoms with Crippen LogP contribution in [0.1, 0.15) is 94.4 Å². The number of rotatable bonds is 5. The lowest BCUT2D eigenvalue weighted by Gasteiger charge is -2.26. The van der Waals surface area contributed by atoms with Gasteiger partial charge in [-0.1, -0.05) is 39.0 Å². The van der Waals surface area contributed by atoms with Gasteiger partial charge in [-0.25, -0.2) is 4.98 Å². The molecular formula is C18H31N3. The van der Waals surface area contributed by atoms with Crippen molar-refractivity contribution in [2.45, 2.75) is 90.1 Å². The molecule has 1 aliphatic carbocycles. The van der Waals surface area contributed by atoms with Crippen molar-refractivity contribution in [2.75, 3.05) is 6.54 Å². The Bertz CT molecular complexity index is 457. The van der Waals surface area contributed by atoms with E-state index in [0.29, 0.717) is 12.0 Å². The van der Waals surface area contributed by atoms with Crippen molar-refractivity contribution in [3.63, 3.8) is 0 Å². The molecule has 1 N–H and O–H groups in total. The molecule has 0 amide bonds. The van der Waals surface area contributed by atoms with Crippen LogP contribution in [0.4, 0.5) is 0 Å². The lowest BCUT2D eigenvalue weighted by atomic mass is 9.88. The zero-order valence-electron chi connectivity index (χ0n) is 13.8. The van der Waals surface area contributed by atoms with E-state index in [-0.39, 0.29) is 0 Å². The third-order valence-corrected chi connectivity index (χ3v) is 5.34. The summed E-state index contributed by atoms with van der Waals surface area (Å²) in [5, 5.41) is 3.49. The van der Waals surface area contributed by atoms with Crippen LogP contribution < -0.4 is 5.32 Å². The molecule has 1 aromatic rings. The Hall–Kier alpha value is -0.830. The van der Waals surface area contributed by atoms with Crippen LogP contribution in [0.3, 0.4) is 0 Å². The summed E-state index contributed by atoms with van der Waals surface area (Å²) >= 11 is 0. The number of imidazole rings is 1. The first-order chi connectivity index (χ1) is 10.3. The van der Waals surface area contributed by atoms with Crippen LogP contribution in [0.25, 0.3) is 0 Å². The van der Waals surface area contributed by atoms with Crippen LogP contribution >= 0.6 is 0 Å². The number of hydrogen-bond donors (Lipinski definition) is 1. The van der Waals surface area contributed by atoms with Crippen LogP contribution in [-0.4, -0.2) is 16.1 Å². The molecule has 1 unspecified atom stereocenters. The van der Waals surface area contributed by atoms with Gasteiger partial charge in [-0.05, 0) is 26.2 Å². The van der Waals surface area contributed by atoms with Gasteiger partial charge in [0.1, 0.15) is 5.82 Å². The van der Waals surface area contributed by atoms with E-state index < -0.39 is 0 Å². The minimum absolute atomic E-state index is 0.622. The second-order valence-electron chi connectivity index (χ2n) is 6.99. The first kappa shape index (κ1) is 15.1. The van der Waals surface area contributed by atoms with Crippen LogP contribution in [0.2, 0.25) is 0 Å². The molecule has 3 rings (SSSR count). The Balaban J connectivity index is 1.91. The second-order valence-corrected chi connectivity index (χ2v) is 6.99. The van der Waals surface area contributed by atoms with Crippen LogP contribution in [0.5, 0.6) is 0 Å². The molecule has 118 valence electrons. The highest BCUT2D eigenvalue weighted by atomic mass is 15.1. The van der Waals surface area contributed by atoms with E-state index in [1.54, 1.807) is 0 Å². The lowest BCUT2D eigenvalue weighted by Crippen LogP contribution is -2.26. The van der Waals surface area contributed by atoms with Gasteiger partial charge in [-0.15, -0.1) is 0 Å². The normalized spacial score (nSPS) is 21.2. The van der Waals surface area contributed by atoms with Crippen molar-refractivity contribution in [2.24, 2.45) is 0 Å². The maximum Gasteiger partial charge on any atom is 0.112 e. The maximum atomic E-state index is 5.10. The first-order valence-electron chi connectivity index (χ1n) is 9.11. The first-order valence-corrected chi connectivity index (χ1v) is 9.11. The van der Waals surface area contributed by atoms with E-state index in [2.05, 4.69) is 23.7 Å². The van der Waals surface area contributed by atoms with Gasteiger partial charge in [0.15, 0.2) is 0 Å². The van der Waals surface area contributed by atoms with E-state index in [1.165, 1.54) is 68.6 Å². The zero-order chi connectivity index (χ0) is 14.7. The molecule has 1 saturated carbocycles. The fourth-order valence-electron chi connectivity index (χ4n) is 4.12. The Morgan fingerprint density at radius 2 is 2.10 bits per heavy atom. The van der Waals surface area contributed by atoms with Crippen molar-refractivity contribution < 1.29 is 0 Å². The Morgan fingerprint density at radius 3 is 2.86 bits per heavy atom. The van der Waals surface area contributed by atoms with E-state index in [4.69, 9.17) is 4.98 Å². The molecule has 0 spiro atoms. The molecule has 3 heteroatoms. The highest BCUT2D eigenvalue weighted by Gasteiger charge is 2.28. The summed E-state index contributed by atoms with van der Waals surface area (Å²) in [6.45, 7) is 6.79. The average molecular weight is 289 g/mol. The predicted molar refractivity (Wildman–Crippen MR) is 87.7 cm³/mol. The molecule has 0 bridgehead atoms. The molecule has 1 aromatic heterocycles. The largest absolute Gasteiger partial charge is 0.329 e. The summed E-state index contributed by atoms with van der Waals surface area (Å²) in [6.07, 6.45) is 12.0. The van der Waals surface area contributed by atoms with Crippen molar-refractivity contribution in [3.05, 3.63) is 17.2 Å². The topological polar surface area (TPSA) is 29.9 Å². The Kier molecular flexibility index (Phi) is 4.99. The van der Waals surface area contributed by atoms with Gasteiger partial charge in [-0.2, -0.15) is 0 Å². The van der Waals surface area contributed by atoms with Crippen LogP contribution in [-0.2, 0) is 13.0 Å². The maximum absolute atomic E-state index is 5.10. The minimum Gasteiger partial charge on any atom is -0.329 e. The monoisotopic (exact) mass is 289 g/mol. The third-order valence-electron chi connectivity index (χ3n) is 5.34. The molecule has 1 aliphatic heterocycles. The second kappa shape index (κ2) is 6.95. The molecule has 1 fully saturated rings. The van der Waals surface area contributed by atoms with Gasteiger partial charge < -0.3 is 9.88 Å². The quantitative estimate of drug-likeness (QED) is 0.874. The van der Waals surface area contributed by atoms with Crippen LogP contribution in [0, 0.1) is 0 Å². The molecule has 3 nitrogen and oxygen atoms in total. The summed E-state index contributed by atoms with van der Waals surface area (Å²) < 4.78 is 2.65. The summed E-state index contributed by atoms with van der Waals surface area (Å²) in [5.74, 6) is 2.14.